The standard InChI is InChI=1S/2C16H15NO2.C8H8O2.2C8H10.3C7H6O3.2C6H12N2O2S.C5H9NO3S.C4H8O.2CH5N.CH4.H2O4S/c2*1-17-16(18)19-10-15-13-8-4-2-6-11(13)12-7-3-5-9-14(12)15;1-6-4-2-3-5-7(6)8(9)10;2*1-7-5-3-4-6-8(7)2;3*8-6-4-2-1-3-5(6)7(9)10;2*1-4(9)8-5(3-11)6(10)7-2;1-3(7)6-4(2-10)5(8)9;1-2-4-5-3-1;2*1-2;;1-5(2,3)4/h2*2-9,15H,10H2,1H3,(H,17,18);2-5H,1H3,(H,9,10);2*3-6H,1-2H3;3*1-4,8H,(H,9,10);2*5,11H,3H2,1-2H3,(H,7,10)(H,8,9);4,10H,2H2,1H3,(H,6,7)(H,8,9);1-4H2;2*2H2,1H3;1H4;(H2,1,2,3,4). The number of nitrogens with one attached hydrogen (secondary N) is 7. The number of aromatic hydroxyl groups is 3. The van der Waals surface area contributed by atoms with Crippen molar-refractivity contribution in [2.75, 3.05) is 86.0 Å². The maximum atomic E-state index is 11.3. The fourth-order valence-electron chi connectivity index (χ4n) is 11.6. The van der Waals surface area contributed by atoms with E-state index in [9.17, 15) is 57.5 Å². The molecule has 0 aromatic heterocycles. The van der Waals surface area contributed by atoms with Gasteiger partial charge in [-0.3, -0.25) is 33.1 Å². The normalized spacial score (nSPS) is 11.2. The van der Waals surface area contributed by atoms with E-state index in [2.05, 4.69) is 211 Å². The minimum absolute atomic E-state index is 0. The monoisotopic (exact) mass is 2030 g/mol. The first-order valence-corrected chi connectivity index (χ1v) is 45.8. The Kier molecular flexibility index (Phi) is 69.3. The molecule has 141 heavy (non-hydrogen) atoms. The van der Waals surface area contributed by atoms with Gasteiger partial charge in [-0.25, -0.2) is 33.6 Å². The van der Waals surface area contributed by atoms with Gasteiger partial charge in [0.05, 0.1) is 5.56 Å². The van der Waals surface area contributed by atoms with Gasteiger partial charge in [-0.2, -0.15) is 46.3 Å². The van der Waals surface area contributed by atoms with Crippen LogP contribution in [0.15, 0.2) is 243 Å². The maximum absolute atomic E-state index is 11.3. The third-order valence-electron chi connectivity index (χ3n) is 18.7. The Labute approximate surface area is 839 Å². The number of nitrogens with two attached hydrogens (primary N) is 2. The summed E-state index contributed by atoms with van der Waals surface area (Å²) in [5.74, 6) is -6.16. The van der Waals surface area contributed by atoms with Crippen LogP contribution in [0.25, 0.3) is 22.3 Å². The van der Waals surface area contributed by atoms with Crippen LogP contribution in [0.5, 0.6) is 17.2 Å². The lowest BCUT2D eigenvalue weighted by atomic mass is 9.98. The van der Waals surface area contributed by atoms with Crippen molar-refractivity contribution in [3.63, 3.8) is 0 Å². The number of fused-ring (bicyclic) bond motifs is 6. The van der Waals surface area contributed by atoms with Gasteiger partial charge < -0.3 is 104 Å². The quantitative estimate of drug-likeness (QED) is 0.0297. The predicted molar refractivity (Wildman–Crippen MR) is 555 cm³/mol. The van der Waals surface area contributed by atoms with Crippen molar-refractivity contribution in [3.05, 3.63) is 315 Å². The number of likely N-dealkylation sites (N-methyl/N-ethyl adjacent to an activating group) is 2. The minimum Gasteiger partial charge on any atom is -0.507 e. The number of thiol groups is 3. The van der Waals surface area contributed by atoms with E-state index in [1.807, 2.05) is 54.6 Å². The number of rotatable bonds is 17. The van der Waals surface area contributed by atoms with Crippen molar-refractivity contribution in [1.29, 1.82) is 0 Å². The molecule has 40 heteroatoms. The number of aromatic carboxylic acids is 4. The second-order valence-corrected chi connectivity index (χ2v) is 30.5. The highest BCUT2D eigenvalue weighted by Gasteiger charge is 2.31. The van der Waals surface area contributed by atoms with Crippen molar-refractivity contribution in [2.24, 2.45) is 11.5 Å². The molecule has 1 heterocycles. The first kappa shape index (κ1) is 131. The molecule has 36 nitrogen and oxygen atoms in total. The number of hydrogen-bond acceptors (Lipinski definition) is 25. The molecule has 1 fully saturated rings. The number of hydrogen-bond donors (Lipinski definition) is 22. The van der Waals surface area contributed by atoms with Gasteiger partial charge >= 0.3 is 52.4 Å². The van der Waals surface area contributed by atoms with Crippen LogP contribution in [0.4, 0.5) is 9.59 Å². The summed E-state index contributed by atoms with van der Waals surface area (Å²) in [6.45, 7) is 17.0. The Morgan fingerprint density at radius 2 is 0.567 bits per heavy atom. The molecule has 3 aliphatic rings. The van der Waals surface area contributed by atoms with Crippen LogP contribution in [-0.4, -0.2) is 234 Å². The van der Waals surface area contributed by atoms with E-state index >= 15 is 0 Å². The van der Waals surface area contributed by atoms with Crippen LogP contribution >= 0.6 is 37.9 Å². The number of aliphatic carboxylic acids is 1. The number of carboxylic acids is 5. The predicted octanol–water partition coefficient (Wildman–Crippen LogP) is 13.7. The van der Waals surface area contributed by atoms with Gasteiger partial charge in [0.25, 0.3) is 0 Å². The highest BCUT2D eigenvalue weighted by molar-refractivity contribution is 7.80. The van der Waals surface area contributed by atoms with Crippen LogP contribution in [0.2, 0.25) is 0 Å². The molecule has 3 atom stereocenters. The lowest BCUT2D eigenvalue weighted by molar-refractivity contribution is -0.140. The van der Waals surface area contributed by atoms with Gasteiger partial charge in [-0.05, 0) is 176 Å². The van der Waals surface area contributed by atoms with Gasteiger partial charge in [-0.15, -0.1) is 0 Å². The third kappa shape index (κ3) is 54.0. The molecule has 10 aromatic carbocycles. The molecule has 7 amide bonds. The molecule has 1 saturated heterocycles. The molecule has 13 rings (SSSR count). The van der Waals surface area contributed by atoms with E-state index in [1.54, 1.807) is 75.6 Å². The number of carbonyl (C=O) groups is 12. The zero-order valence-corrected chi connectivity index (χ0v) is 83.7. The summed E-state index contributed by atoms with van der Waals surface area (Å²) in [5.41, 5.74) is 25.3. The number of carbonyl (C=O) groups excluding carboxylic acids is 7. The highest BCUT2D eigenvalue weighted by atomic mass is 32.3. The molecular weight excluding hydrogens is 1900 g/mol. The Morgan fingerprint density at radius 1 is 0.355 bits per heavy atom. The average Bonchev–Trinajstić information content (AvgIpc) is 1.62. The number of phenols is 3. The second-order valence-electron chi connectivity index (χ2n) is 28.5. The van der Waals surface area contributed by atoms with Gasteiger partial charge in [0.1, 0.15) is 65.3 Å². The van der Waals surface area contributed by atoms with Gasteiger partial charge in [0, 0.05) is 91.3 Å². The number of amides is 7. The van der Waals surface area contributed by atoms with E-state index in [0.717, 1.165) is 18.8 Å². The molecule has 0 radical (unpaired) electrons. The summed E-state index contributed by atoms with van der Waals surface area (Å²) >= 11 is 11.5. The molecule has 0 spiro atoms. The van der Waals surface area contributed by atoms with E-state index in [0.29, 0.717) is 30.3 Å². The van der Waals surface area contributed by atoms with Crippen molar-refractivity contribution < 1.29 is 130 Å². The average molecular weight is 2030 g/mol. The van der Waals surface area contributed by atoms with Crippen molar-refractivity contribution >= 4 is 120 Å². The molecule has 1 aliphatic heterocycles. The van der Waals surface area contributed by atoms with E-state index in [1.165, 1.54) is 165 Å². The van der Waals surface area contributed by atoms with Crippen LogP contribution in [-0.2, 0) is 53.4 Å². The number of benzene rings is 10. The smallest absolute Gasteiger partial charge is 0.406 e. The van der Waals surface area contributed by atoms with E-state index in [-0.39, 0.29) is 101 Å². The Bertz CT molecular complexity index is 5060. The Morgan fingerprint density at radius 3 is 0.730 bits per heavy atom. The number of carboxylic acid groups (broad SMARTS) is 5. The second kappa shape index (κ2) is 74.7. The molecule has 21 N–H and O–H groups in total. The third-order valence-corrected chi connectivity index (χ3v) is 19.8. The number of ether oxygens (including phenoxy) is 3. The first-order valence-electron chi connectivity index (χ1n) is 42.6. The van der Waals surface area contributed by atoms with Crippen LogP contribution in [0, 0.1) is 34.6 Å². The Hall–Kier alpha value is -14.4. The Balaban J connectivity index is -0.00000148. The summed E-state index contributed by atoms with van der Waals surface area (Å²) in [6.07, 6.45) is 1.78. The summed E-state index contributed by atoms with van der Waals surface area (Å²) in [6, 6.07) is 72.3. The van der Waals surface area contributed by atoms with Crippen LogP contribution in [0.3, 0.4) is 0 Å². The molecule has 768 valence electrons. The van der Waals surface area contributed by atoms with Gasteiger partial charge in [-0.1, -0.05) is 208 Å². The zero-order valence-electron chi connectivity index (χ0n) is 80.2. The van der Waals surface area contributed by atoms with Crippen LogP contribution < -0.4 is 48.7 Å². The summed E-state index contributed by atoms with van der Waals surface area (Å²) in [4.78, 5) is 127. The fourth-order valence-corrected chi connectivity index (χ4v) is 12.4. The summed E-state index contributed by atoms with van der Waals surface area (Å²) in [5, 5.41) is 85.8. The largest absolute Gasteiger partial charge is 0.507 e. The maximum Gasteiger partial charge on any atom is 0.406 e. The summed E-state index contributed by atoms with van der Waals surface area (Å²) < 4.78 is 47.0. The van der Waals surface area contributed by atoms with Crippen molar-refractivity contribution in [2.45, 2.75) is 106 Å². The number of aryl methyl sites for hydroxylation is 5. The lowest BCUT2D eigenvalue weighted by Crippen LogP contribution is -2.46. The topological polar surface area (TPSA) is 605 Å². The molecule has 3 unspecified atom stereocenters. The van der Waals surface area contributed by atoms with Gasteiger partial charge in [0.2, 0.25) is 29.5 Å². The highest BCUT2D eigenvalue weighted by Crippen LogP contribution is 2.46. The minimum atomic E-state index is -4.67. The fraction of sp³-hybridized carbons (Fsp3) is 0.287. The number of alkyl carbamates (subject to hydrolysis) is 2. The SMILES string of the molecule is C.C1CCOC1.CC(=O)NC(CS)C(=O)O.CN.CN.CNC(=O)C(CS)NC(C)=O.CNC(=O)C(CS)NC(C)=O.CNC(=O)OCC1c2ccccc2-c2ccccc21.CNC(=O)OCC1c2ccccc2-c2ccccc21.Cc1ccccc1C.Cc1ccccc1C.Cc1ccccc1C(=O)O.O=C(O)c1ccccc1O.O=C(O)c1ccccc1O.O=C(O)c1ccccc1O.O=S(=O)(O)O. The summed E-state index contributed by atoms with van der Waals surface area (Å²) in [7, 11) is 4.50. The van der Waals surface area contributed by atoms with E-state index < -0.39 is 58.4 Å². The van der Waals surface area contributed by atoms with Crippen LogP contribution in [0.1, 0.15) is 144 Å². The lowest BCUT2D eigenvalue weighted by Gasteiger charge is -2.13. The first-order chi connectivity index (χ1) is 66.4. The zero-order chi connectivity index (χ0) is 107. The molecule has 0 saturated carbocycles. The number of para-hydroxylation sites is 3. The molecule has 10 aromatic rings. The van der Waals surface area contributed by atoms with Crippen molar-refractivity contribution in [3.8, 4) is 39.5 Å². The van der Waals surface area contributed by atoms with Crippen molar-refractivity contribution in [1.82, 2.24) is 37.2 Å². The molecule has 2 aliphatic carbocycles. The molecule has 0 bridgehead atoms. The molecular formula is C101H133N9O27S4. The van der Waals surface area contributed by atoms with Gasteiger partial charge in [0.15, 0.2) is 0 Å². The van der Waals surface area contributed by atoms with E-state index in [4.69, 9.17) is 72.6 Å².